The van der Waals surface area contributed by atoms with E-state index in [0.717, 1.165) is 5.69 Å². The van der Waals surface area contributed by atoms with Crippen LogP contribution in [0.2, 0.25) is 5.02 Å². The average Bonchev–Trinajstić information content (AvgIpc) is 2.68. The summed E-state index contributed by atoms with van der Waals surface area (Å²) in [6.45, 7) is 0. The molecule has 136 valence electrons. The third kappa shape index (κ3) is 4.83. The molecule has 2 N–H and O–H groups in total. The fraction of sp³-hybridized carbons (Fsp3) is 0.0500. The van der Waals surface area contributed by atoms with Gasteiger partial charge in [-0.25, -0.2) is 9.78 Å². The van der Waals surface area contributed by atoms with Crippen molar-refractivity contribution in [3.8, 4) is 0 Å². The lowest BCUT2D eigenvalue weighted by Crippen LogP contribution is -2.13. The largest absolute Gasteiger partial charge is 0.465 e. The molecular formula is C20H16ClN3O3. The Labute approximate surface area is 161 Å². The van der Waals surface area contributed by atoms with Crippen LogP contribution in [0.15, 0.2) is 66.9 Å². The van der Waals surface area contributed by atoms with Crippen molar-refractivity contribution in [2.75, 3.05) is 17.7 Å². The molecule has 3 rings (SSSR count). The van der Waals surface area contributed by atoms with Gasteiger partial charge in [0.1, 0.15) is 5.69 Å². The zero-order valence-corrected chi connectivity index (χ0v) is 15.2. The molecule has 0 saturated carbocycles. The maximum Gasteiger partial charge on any atom is 0.337 e. The molecule has 0 saturated heterocycles. The monoisotopic (exact) mass is 381 g/mol. The van der Waals surface area contributed by atoms with Crippen LogP contribution in [0.1, 0.15) is 20.8 Å². The molecule has 0 bridgehead atoms. The molecule has 6 nitrogen and oxygen atoms in total. The number of nitrogens with zero attached hydrogens (tertiary/aromatic N) is 1. The van der Waals surface area contributed by atoms with E-state index in [9.17, 15) is 9.59 Å². The molecule has 0 aliphatic rings. The van der Waals surface area contributed by atoms with Crippen LogP contribution < -0.4 is 10.6 Å². The highest BCUT2D eigenvalue weighted by Crippen LogP contribution is 2.18. The van der Waals surface area contributed by atoms with Gasteiger partial charge in [-0.3, -0.25) is 4.79 Å². The first kappa shape index (κ1) is 18.4. The minimum Gasteiger partial charge on any atom is -0.465 e. The van der Waals surface area contributed by atoms with Crippen molar-refractivity contribution < 1.29 is 14.3 Å². The quantitative estimate of drug-likeness (QED) is 0.635. The van der Waals surface area contributed by atoms with E-state index >= 15 is 0 Å². The Balaban J connectivity index is 1.64. The number of esters is 1. The van der Waals surface area contributed by atoms with Crippen LogP contribution in [0, 0.1) is 0 Å². The highest BCUT2D eigenvalue weighted by Gasteiger charge is 2.08. The van der Waals surface area contributed by atoms with E-state index in [1.54, 1.807) is 66.9 Å². The highest BCUT2D eigenvalue weighted by atomic mass is 35.5. The summed E-state index contributed by atoms with van der Waals surface area (Å²) in [6, 6.07) is 17.1. The number of hydrogen-bond acceptors (Lipinski definition) is 5. The number of aromatic nitrogens is 1. The number of anilines is 3. The standard InChI is InChI=1S/C20H16ClN3O3/c1-27-20(26)13-5-7-15(8-6-13)23-17-9-10-18(22-12-17)19(25)24-16-4-2-3-14(21)11-16/h2-12,23H,1H3,(H,24,25). The number of amides is 1. The number of benzene rings is 2. The van der Waals surface area contributed by atoms with Gasteiger partial charge >= 0.3 is 5.97 Å². The average molecular weight is 382 g/mol. The summed E-state index contributed by atoms with van der Waals surface area (Å²) in [5.41, 5.74) is 2.83. The van der Waals surface area contributed by atoms with Crippen LogP contribution in [0.4, 0.5) is 17.1 Å². The molecular weight excluding hydrogens is 366 g/mol. The van der Waals surface area contributed by atoms with Crippen molar-refractivity contribution in [1.29, 1.82) is 0 Å². The van der Waals surface area contributed by atoms with E-state index in [-0.39, 0.29) is 11.6 Å². The highest BCUT2D eigenvalue weighted by molar-refractivity contribution is 6.30. The number of methoxy groups -OCH3 is 1. The van der Waals surface area contributed by atoms with Crippen LogP contribution >= 0.6 is 11.6 Å². The minimum absolute atomic E-state index is 0.279. The number of hydrogen-bond donors (Lipinski definition) is 2. The van der Waals surface area contributed by atoms with Gasteiger partial charge in [-0.05, 0) is 54.6 Å². The smallest absolute Gasteiger partial charge is 0.337 e. The molecule has 0 aliphatic heterocycles. The molecule has 0 fully saturated rings. The number of carbonyl (C=O) groups is 2. The number of carbonyl (C=O) groups excluding carboxylic acids is 2. The van der Waals surface area contributed by atoms with Gasteiger partial charge in [0.2, 0.25) is 0 Å². The first-order valence-corrected chi connectivity index (χ1v) is 8.41. The molecule has 0 atom stereocenters. The van der Waals surface area contributed by atoms with E-state index < -0.39 is 5.97 Å². The van der Waals surface area contributed by atoms with Crippen LogP contribution in [-0.4, -0.2) is 24.0 Å². The predicted octanol–water partition coefficient (Wildman–Crippen LogP) is 4.52. The van der Waals surface area contributed by atoms with Crippen LogP contribution in [0.5, 0.6) is 0 Å². The van der Waals surface area contributed by atoms with Gasteiger partial charge in [-0.1, -0.05) is 17.7 Å². The first-order valence-electron chi connectivity index (χ1n) is 8.03. The minimum atomic E-state index is -0.390. The van der Waals surface area contributed by atoms with Crippen molar-refractivity contribution in [1.82, 2.24) is 4.98 Å². The van der Waals surface area contributed by atoms with Crippen LogP contribution in [-0.2, 0) is 4.74 Å². The Morgan fingerprint density at radius 3 is 2.33 bits per heavy atom. The molecule has 1 aromatic heterocycles. The summed E-state index contributed by atoms with van der Waals surface area (Å²) >= 11 is 5.91. The van der Waals surface area contributed by atoms with E-state index in [4.69, 9.17) is 11.6 Å². The van der Waals surface area contributed by atoms with Crippen LogP contribution in [0.3, 0.4) is 0 Å². The second-order valence-corrected chi connectivity index (χ2v) is 6.03. The lowest BCUT2D eigenvalue weighted by molar-refractivity contribution is 0.0600. The molecule has 3 aromatic rings. The van der Waals surface area contributed by atoms with Gasteiger partial charge in [0.15, 0.2) is 0 Å². The topological polar surface area (TPSA) is 80.3 Å². The first-order chi connectivity index (χ1) is 13.0. The lowest BCUT2D eigenvalue weighted by Gasteiger charge is -2.08. The predicted molar refractivity (Wildman–Crippen MR) is 105 cm³/mol. The van der Waals surface area contributed by atoms with Crippen molar-refractivity contribution in [3.63, 3.8) is 0 Å². The Hall–Kier alpha value is -3.38. The van der Waals surface area contributed by atoms with Gasteiger partial charge in [0.05, 0.1) is 24.6 Å². The molecule has 0 radical (unpaired) electrons. The van der Waals surface area contributed by atoms with E-state index in [1.807, 2.05) is 0 Å². The zero-order valence-electron chi connectivity index (χ0n) is 14.4. The molecule has 0 spiro atoms. The third-order valence-corrected chi connectivity index (χ3v) is 3.91. The molecule has 2 aromatic carbocycles. The molecule has 0 aliphatic carbocycles. The molecule has 1 heterocycles. The number of pyridine rings is 1. The fourth-order valence-corrected chi connectivity index (χ4v) is 2.53. The lowest BCUT2D eigenvalue weighted by atomic mass is 10.2. The second-order valence-electron chi connectivity index (χ2n) is 5.59. The Kier molecular flexibility index (Phi) is 5.68. The summed E-state index contributed by atoms with van der Waals surface area (Å²) in [5.74, 6) is -0.718. The summed E-state index contributed by atoms with van der Waals surface area (Å²) < 4.78 is 4.66. The molecule has 0 unspecified atom stereocenters. The Morgan fingerprint density at radius 1 is 0.963 bits per heavy atom. The Morgan fingerprint density at radius 2 is 1.70 bits per heavy atom. The number of halogens is 1. The SMILES string of the molecule is COC(=O)c1ccc(Nc2ccc(C(=O)Nc3cccc(Cl)c3)nc2)cc1. The van der Waals surface area contributed by atoms with E-state index in [1.165, 1.54) is 7.11 Å². The second kappa shape index (κ2) is 8.33. The van der Waals surface area contributed by atoms with E-state index in [0.29, 0.717) is 22.0 Å². The molecule has 7 heteroatoms. The molecule has 27 heavy (non-hydrogen) atoms. The van der Waals surface area contributed by atoms with Crippen LogP contribution in [0.25, 0.3) is 0 Å². The van der Waals surface area contributed by atoms with Gasteiger partial charge in [0.25, 0.3) is 5.91 Å². The van der Waals surface area contributed by atoms with Crippen molar-refractivity contribution in [2.45, 2.75) is 0 Å². The fourth-order valence-electron chi connectivity index (χ4n) is 2.34. The van der Waals surface area contributed by atoms with Crippen molar-refractivity contribution in [3.05, 3.63) is 83.1 Å². The number of nitrogens with one attached hydrogen (secondary N) is 2. The summed E-state index contributed by atoms with van der Waals surface area (Å²) in [6.07, 6.45) is 1.56. The maximum absolute atomic E-state index is 12.2. The maximum atomic E-state index is 12.2. The summed E-state index contributed by atoms with van der Waals surface area (Å²) in [7, 11) is 1.34. The molecule has 1 amide bonds. The van der Waals surface area contributed by atoms with Gasteiger partial charge in [-0.2, -0.15) is 0 Å². The van der Waals surface area contributed by atoms with E-state index in [2.05, 4.69) is 20.4 Å². The Bertz CT molecular complexity index is 957. The number of ether oxygens (including phenoxy) is 1. The summed E-state index contributed by atoms with van der Waals surface area (Å²) in [5, 5.41) is 6.43. The van der Waals surface area contributed by atoms with Gasteiger partial charge < -0.3 is 15.4 Å². The van der Waals surface area contributed by atoms with Gasteiger partial charge in [0, 0.05) is 16.4 Å². The van der Waals surface area contributed by atoms with Crippen molar-refractivity contribution in [2.24, 2.45) is 0 Å². The number of rotatable bonds is 5. The van der Waals surface area contributed by atoms with Gasteiger partial charge in [-0.15, -0.1) is 0 Å². The van der Waals surface area contributed by atoms with Crippen molar-refractivity contribution >= 4 is 40.5 Å². The zero-order chi connectivity index (χ0) is 19.2. The normalized spacial score (nSPS) is 10.1. The third-order valence-electron chi connectivity index (χ3n) is 3.67. The summed E-state index contributed by atoms with van der Waals surface area (Å²) in [4.78, 5) is 27.9.